The van der Waals surface area contributed by atoms with Crippen LogP contribution in [0.15, 0.2) is 24.4 Å². The molecule has 4 rings (SSSR count). The molecule has 130 valence electrons. The normalized spacial score (nSPS) is 25.4. The van der Waals surface area contributed by atoms with Gasteiger partial charge in [-0.2, -0.15) is 0 Å². The lowest BCUT2D eigenvalue weighted by molar-refractivity contribution is -0.122. The van der Waals surface area contributed by atoms with Crippen molar-refractivity contribution >= 4 is 16.8 Å². The number of benzene rings is 1. The van der Waals surface area contributed by atoms with Gasteiger partial charge in [0.2, 0.25) is 5.91 Å². The second-order valence-electron chi connectivity index (χ2n) is 7.60. The number of rotatable bonds is 3. The number of nitrogens with zero attached hydrogens (tertiary/aromatic N) is 1. The number of carbonyl (C=O) groups is 1. The van der Waals surface area contributed by atoms with Crippen LogP contribution in [0.5, 0.6) is 0 Å². The highest BCUT2D eigenvalue weighted by Crippen LogP contribution is 2.42. The number of fused-ring (bicyclic) bond motifs is 2. The largest absolute Gasteiger partial charge is 0.412 e. The number of primary amides is 1. The van der Waals surface area contributed by atoms with Crippen LogP contribution in [0.25, 0.3) is 10.9 Å². The maximum absolute atomic E-state index is 11.6. The number of hydrogen-bond donors (Lipinski definition) is 2. The van der Waals surface area contributed by atoms with Gasteiger partial charge in [-0.05, 0) is 36.0 Å². The van der Waals surface area contributed by atoms with Gasteiger partial charge >= 0.3 is 0 Å². The molecule has 1 aromatic carbocycles. The molecular weight excluding hydrogens is 302 g/mol. The molecule has 3 atom stereocenters. The van der Waals surface area contributed by atoms with Crippen LogP contribution in [0.4, 0.5) is 0 Å². The molecule has 5 N–H and O–H groups in total. The van der Waals surface area contributed by atoms with E-state index < -0.39 is 0 Å². The summed E-state index contributed by atoms with van der Waals surface area (Å²) in [5.41, 5.74) is 9.74. The topological polar surface area (TPSA) is 91.5 Å². The Morgan fingerprint density at radius 2 is 2.21 bits per heavy atom. The van der Waals surface area contributed by atoms with E-state index in [0.29, 0.717) is 24.4 Å². The number of amides is 1. The van der Waals surface area contributed by atoms with Crippen LogP contribution < -0.4 is 11.1 Å². The van der Waals surface area contributed by atoms with Gasteiger partial charge in [-0.25, -0.2) is 0 Å². The highest BCUT2D eigenvalue weighted by Gasteiger charge is 2.38. The zero-order valence-electron chi connectivity index (χ0n) is 14.4. The molecule has 1 aliphatic carbocycles. The first-order valence-corrected chi connectivity index (χ1v) is 8.68. The van der Waals surface area contributed by atoms with Crippen molar-refractivity contribution in [3.63, 3.8) is 0 Å². The second kappa shape index (κ2) is 6.22. The van der Waals surface area contributed by atoms with Crippen molar-refractivity contribution in [1.82, 2.24) is 9.88 Å². The van der Waals surface area contributed by atoms with Crippen LogP contribution in [-0.4, -0.2) is 28.5 Å². The Kier molecular flexibility index (Phi) is 4.40. The zero-order valence-corrected chi connectivity index (χ0v) is 14.4. The third-order valence-corrected chi connectivity index (χ3v) is 5.47. The van der Waals surface area contributed by atoms with Gasteiger partial charge in [0.1, 0.15) is 0 Å². The first-order chi connectivity index (χ1) is 11.0. The van der Waals surface area contributed by atoms with E-state index in [1.54, 1.807) is 0 Å². The Labute approximate surface area is 142 Å². The van der Waals surface area contributed by atoms with E-state index in [4.69, 9.17) is 5.73 Å². The molecule has 1 saturated heterocycles. The number of hydrogen-bond acceptors (Lipinski definition) is 2. The summed E-state index contributed by atoms with van der Waals surface area (Å²) < 4.78 is 2.40. The Morgan fingerprint density at radius 1 is 1.42 bits per heavy atom. The minimum Gasteiger partial charge on any atom is -0.412 e. The summed E-state index contributed by atoms with van der Waals surface area (Å²) in [6.45, 7) is 6.28. The van der Waals surface area contributed by atoms with Crippen molar-refractivity contribution in [2.24, 2.45) is 17.6 Å². The van der Waals surface area contributed by atoms with E-state index in [0.717, 1.165) is 19.4 Å². The van der Waals surface area contributed by atoms with Gasteiger partial charge in [0, 0.05) is 42.1 Å². The van der Waals surface area contributed by atoms with E-state index in [1.807, 2.05) is 0 Å². The fourth-order valence-electron chi connectivity index (χ4n) is 4.48. The maximum atomic E-state index is 11.6. The lowest BCUT2D eigenvalue weighted by Gasteiger charge is -2.39. The average molecular weight is 329 g/mol. The second-order valence-corrected chi connectivity index (χ2v) is 7.60. The van der Waals surface area contributed by atoms with Crippen LogP contribution in [0, 0.1) is 11.8 Å². The van der Waals surface area contributed by atoms with Crippen molar-refractivity contribution in [1.29, 1.82) is 0 Å². The molecule has 0 spiro atoms. The molecule has 24 heavy (non-hydrogen) atoms. The third-order valence-electron chi connectivity index (χ3n) is 5.47. The number of nitrogens with two attached hydrogens (primary N) is 1. The number of piperidine rings is 1. The molecule has 5 heteroatoms. The van der Waals surface area contributed by atoms with Crippen molar-refractivity contribution in [2.45, 2.75) is 45.2 Å². The lowest BCUT2D eigenvalue weighted by atomic mass is 9.73. The van der Waals surface area contributed by atoms with Crippen molar-refractivity contribution < 1.29 is 10.3 Å². The SMILES string of the molecule is CC(C)Cn1cc2c3c(cccc31)[C@H]1CC(C(N)=O)CN[C@@H]1C2.O. The Balaban J connectivity index is 0.00000169. The summed E-state index contributed by atoms with van der Waals surface area (Å²) in [7, 11) is 0. The maximum Gasteiger partial charge on any atom is 0.221 e. The smallest absolute Gasteiger partial charge is 0.221 e. The van der Waals surface area contributed by atoms with Crippen molar-refractivity contribution in [3.05, 3.63) is 35.5 Å². The molecule has 1 aromatic heterocycles. The minimum atomic E-state index is -0.175. The minimum absolute atomic E-state index is 0. The Hall–Kier alpha value is -1.85. The van der Waals surface area contributed by atoms with Crippen LogP contribution in [0.2, 0.25) is 0 Å². The van der Waals surface area contributed by atoms with Gasteiger partial charge in [0.15, 0.2) is 0 Å². The van der Waals surface area contributed by atoms with Crippen LogP contribution in [0.1, 0.15) is 37.3 Å². The van der Waals surface area contributed by atoms with Crippen molar-refractivity contribution in [2.75, 3.05) is 6.54 Å². The molecule has 5 nitrogen and oxygen atoms in total. The van der Waals surface area contributed by atoms with Crippen molar-refractivity contribution in [3.8, 4) is 0 Å². The van der Waals surface area contributed by atoms with Crippen LogP contribution in [0.3, 0.4) is 0 Å². The van der Waals surface area contributed by atoms with E-state index in [2.05, 4.69) is 48.1 Å². The molecule has 1 amide bonds. The van der Waals surface area contributed by atoms with Gasteiger partial charge in [-0.1, -0.05) is 26.0 Å². The molecule has 0 saturated carbocycles. The van der Waals surface area contributed by atoms with Gasteiger partial charge in [0.25, 0.3) is 0 Å². The zero-order chi connectivity index (χ0) is 16.1. The molecule has 1 unspecified atom stereocenters. The fourth-order valence-corrected chi connectivity index (χ4v) is 4.48. The summed E-state index contributed by atoms with van der Waals surface area (Å²) >= 11 is 0. The molecule has 0 radical (unpaired) electrons. The van der Waals surface area contributed by atoms with Crippen LogP contribution in [-0.2, 0) is 17.8 Å². The summed E-state index contributed by atoms with van der Waals surface area (Å²) in [6.07, 6.45) is 4.27. The van der Waals surface area contributed by atoms with Crippen LogP contribution >= 0.6 is 0 Å². The lowest BCUT2D eigenvalue weighted by Crippen LogP contribution is -2.49. The van der Waals surface area contributed by atoms with E-state index in [-0.39, 0.29) is 17.3 Å². The first-order valence-electron chi connectivity index (χ1n) is 8.68. The molecule has 1 aliphatic heterocycles. The predicted molar refractivity (Wildman–Crippen MR) is 95.9 cm³/mol. The highest BCUT2D eigenvalue weighted by molar-refractivity contribution is 5.89. The molecule has 1 fully saturated rings. The first kappa shape index (κ1) is 17.0. The molecular formula is C19H27N3O2. The van der Waals surface area contributed by atoms with Gasteiger partial charge in [-0.15, -0.1) is 0 Å². The summed E-state index contributed by atoms with van der Waals surface area (Å²) in [6, 6.07) is 7.06. The highest BCUT2D eigenvalue weighted by atomic mass is 16.1. The predicted octanol–water partition coefficient (Wildman–Crippen LogP) is 1.58. The van der Waals surface area contributed by atoms with E-state index in [1.165, 1.54) is 22.0 Å². The number of nitrogens with one attached hydrogen (secondary N) is 1. The van der Waals surface area contributed by atoms with Gasteiger partial charge < -0.3 is 21.1 Å². The Morgan fingerprint density at radius 3 is 2.92 bits per heavy atom. The average Bonchev–Trinajstić information content (AvgIpc) is 2.85. The Bertz CT molecular complexity index is 765. The summed E-state index contributed by atoms with van der Waals surface area (Å²) in [5.74, 6) is 0.798. The molecule has 2 aromatic rings. The fraction of sp³-hybridized carbons (Fsp3) is 0.526. The number of carbonyl (C=O) groups excluding carboxylic acids is 1. The molecule has 0 bridgehead atoms. The van der Waals surface area contributed by atoms with Gasteiger partial charge in [0.05, 0.1) is 5.92 Å². The standard InChI is InChI=1S/C19H25N3O.H2O/c1-11(2)9-22-10-13-7-16-15(6-12(8-21-16)19(20)23)14-4-3-5-17(22)18(13)14;/h3-5,10-12,15-16,21H,6-9H2,1-2H3,(H2,20,23);1H2/t12?,15-,16-;/m1./s1. The molecule has 2 heterocycles. The third kappa shape index (κ3) is 2.62. The summed E-state index contributed by atoms with van der Waals surface area (Å²) in [5, 5.41) is 4.99. The monoisotopic (exact) mass is 329 g/mol. The van der Waals surface area contributed by atoms with E-state index >= 15 is 0 Å². The number of aromatic nitrogens is 1. The van der Waals surface area contributed by atoms with Gasteiger partial charge in [-0.3, -0.25) is 4.79 Å². The van der Waals surface area contributed by atoms with E-state index in [9.17, 15) is 4.79 Å². The summed E-state index contributed by atoms with van der Waals surface area (Å²) in [4.78, 5) is 11.6. The molecule has 2 aliphatic rings. The quantitative estimate of drug-likeness (QED) is 0.895.